The minimum atomic E-state index is -1.82. The Hall–Kier alpha value is -3.57. The molecule has 0 bridgehead atoms. The van der Waals surface area contributed by atoms with Crippen LogP contribution in [0.5, 0.6) is 0 Å². The van der Waals surface area contributed by atoms with Crippen molar-refractivity contribution in [3.63, 3.8) is 0 Å². The van der Waals surface area contributed by atoms with Crippen LogP contribution in [0.25, 0.3) is 5.82 Å². The third-order valence-electron chi connectivity index (χ3n) is 4.67. The first kappa shape index (κ1) is 22.7. The second-order valence-corrected chi connectivity index (χ2v) is 7.16. The van der Waals surface area contributed by atoms with Crippen LogP contribution < -0.4 is 4.90 Å². The summed E-state index contributed by atoms with van der Waals surface area (Å²) in [6.07, 6.45) is 2.16. The Labute approximate surface area is 172 Å². The van der Waals surface area contributed by atoms with Crippen LogP contribution in [-0.4, -0.2) is 59.9 Å². The minimum Gasteiger partial charge on any atom is -0.473 e. The second kappa shape index (κ2) is 9.29. The van der Waals surface area contributed by atoms with Gasteiger partial charge in [0.05, 0.1) is 10.6 Å². The fourth-order valence-corrected chi connectivity index (χ4v) is 3.09. The average molecular weight is 420 g/mol. The Morgan fingerprint density at radius 3 is 2.13 bits per heavy atom. The van der Waals surface area contributed by atoms with Crippen LogP contribution in [0.2, 0.25) is 0 Å². The molecule has 0 aliphatic carbocycles. The lowest BCUT2D eigenvalue weighted by molar-refractivity contribution is -0.385. The SMILES string of the molecule is Cc1cc(C)n(-c2nc(N3CCC(C)CC3)nc(C)c2[N+](=O)[O-])n1.O=C(O)C(=O)O. The summed E-state index contributed by atoms with van der Waals surface area (Å²) < 4.78 is 1.54. The van der Waals surface area contributed by atoms with Gasteiger partial charge in [-0.05, 0) is 45.6 Å². The van der Waals surface area contributed by atoms with Crippen molar-refractivity contribution < 1.29 is 24.7 Å². The van der Waals surface area contributed by atoms with Gasteiger partial charge in [-0.15, -0.1) is 0 Å². The van der Waals surface area contributed by atoms with E-state index in [1.165, 1.54) is 4.68 Å². The predicted molar refractivity (Wildman–Crippen MR) is 106 cm³/mol. The first-order valence-corrected chi connectivity index (χ1v) is 9.29. The third kappa shape index (κ3) is 5.27. The highest BCUT2D eigenvalue weighted by Gasteiger charge is 2.27. The minimum absolute atomic E-state index is 0.0877. The molecule has 0 saturated carbocycles. The molecule has 0 radical (unpaired) electrons. The number of carboxylic acid groups (broad SMARTS) is 2. The molecule has 2 N–H and O–H groups in total. The summed E-state index contributed by atoms with van der Waals surface area (Å²) in [5.41, 5.74) is 1.89. The van der Waals surface area contributed by atoms with E-state index in [-0.39, 0.29) is 11.5 Å². The molecule has 0 unspecified atom stereocenters. The van der Waals surface area contributed by atoms with Crippen LogP contribution in [0, 0.1) is 36.8 Å². The van der Waals surface area contributed by atoms with Crippen LogP contribution >= 0.6 is 0 Å². The highest BCUT2D eigenvalue weighted by molar-refractivity contribution is 6.27. The molecule has 3 rings (SSSR count). The van der Waals surface area contributed by atoms with Crippen LogP contribution in [0.4, 0.5) is 11.6 Å². The predicted octanol–water partition coefficient (Wildman–Crippen LogP) is 1.89. The molecule has 12 nitrogen and oxygen atoms in total. The number of aliphatic carboxylic acids is 2. The van der Waals surface area contributed by atoms with E-state index in [1.807, 2.05) is 19.9 Å². The van der Waals surface area contributed by atoms with Crippen molar-refractivity contribution in [1.29, 1.82) is 0 Å². The van der Waals surface area contributed by atoms with Crippen LogP contribution in [-0.2, 0) is 9.59 Å². The van der Waals surface area contributed by atoms with E-state index >= 15 is 0 Å². The van der Waals surface area contributed by atoms with Gasteiger partial charge in [-0.1, -0.05) is 6.92 Å². The van der Waals surface area contributed by atoms with Gasteiger partial charge in [0.2, 0.25) is 11.8 Å². The molecule has 0 amide bonds. The Morgan fingerprint density at radius 1 is 1.13 bits per heavy atom. The van der Waals surface area contributed by atoms with E-state index in [2.05, 4.69) is 26.9 Å². The summed E-state index contributed by atoms with van der Waals surface area (Å²) >= 11 is 0. The van der Waals surface area contributed by atoms with E-state index in [9.17, 15) is 10.1 Å². The molecule has 162 valence electrons. The smallest absolute Gasteiger partial charge is 0.414 e. The van der Waals surface area contributed by atoms with Gasteiger partial charge in [-0.25, -0.2) is 19.3 Å². The third-order valence-corrected chi connectivity index (χ3v) is 4.67. The van der Waals surface area contributed by atoms with Crippen molar-refractivity contribution in [2.45, 2.75) is 40.5 Å². The maximum absolute atomic E-state index is 11.5. The van der Waals surface area contributed by atoms with Crippen molar-refractivity contribution in [3.05, 3.63) is 33.3 Å². The molecule has 3 heterocycles. The van der Waals surface area contributed by atoms with Crippen molar-refractivity contribution >= 4 is 23.6 Å². The summed E-state index contributed by atoms with van der Waals surface area (Å²) in [5, 5.41) is 30.7. The molecule has 2 aromatic rings. The molecule has 0 spiro atoms. The lowest BCUT2D eigenvalue weighted by atomic mass is 10.00. The van der Waals surface area contributed by atoms with E-state index in [0.29, 0.717) is 17.6 Å². The average Bonchev–Trinajstić information content (AvgIpc) is 2.99. The van der Waals surface area contributed by atoms with E-state index in [4.69, 9.17) is 19.8 Å². The van der Waals surface area contributed by atoms with Gasteiger partial charge >= 0.3 is 17.6 Å². The quantitative estimate of drug-likeness (QED) is 0.425. The van der Waals surface area contributed by atoms with Gasteiger partial charge in [-0.2, -0.15) is 10.1 Å². The molecule has 0 aromatic carbocycles. The van der Waals surface area contributed by atoms with Gasteiger partial charge < -0.3 is 15.1 Å². The number of nitro groups is 1. The Balaban J connectivity index is 0.000000469. The summed E-state index contributed by atoms with van der Waals surface area (Å²) in [7, 11) is 0. The van der Waals surface area contributed by atoms with E-state index < -0.39 is 16.9 Å². The van der Waals surface area contributed by atoms with Gasteiger partial charge in [0.25, 0.3) is 0 Å². The fraction of sp³-hybridized carbons (Fsp3) is 0.500. The monoisotopic (exact) mass is 420 g/mol. The molecular weight excluding hydrogens is 396 g/mol. The number of carbonyl (C=O) groups is 2. The number of aryl methyl sites for hydroxylation is 3. The molecule has 2 aromatic heterocycles. The van der Waals surface area contributed by atoms with Crippen LogP contribution in [0.15, 0.2) is 6.07 Å². The van der Waals surface area contributed by atoms with Crippen molar-refractivity contribution in [1.82, 2.24) is 19.7 Å². The van der Waals surface area contributed by atoms with Crippen LogP contribution in [0.3, 0.4) is 0 Å². The number of nitrogens with zero attached hydrogens (tertiary/aromatic N) is 6. The zero-order valence-electron chi connectivity index (χ0n) is 17.2. The fourth-order valence-electron chi connectivity index (χ4n) is 3.09. The normalized spacial score (nSPS) is 14.1. The zero-order valence-corrected chi connectivity index (χ0v) is 17.2. The molecule has 1 aliphatic rings. The number of rotatable bonds is 3. The Kier molecular flexibility index (Phi) is 7.03. The standard InChI is InChI=1S/C16H22N6O2.C2H2O4/c1-10-5-7-20(8-6-10)16-17-13(4)14(22(23)24)15(18-16)21-12(3)9-11(2)19-21;3-1(4)2(5)6/h9-10H,5-8H2,1-4H3;(H,3,4)(H,5,6). The van der Waals surface area contributed by atoms with Crippen LogP contribution in [0.1, 0.15) is 36.8 Å². The molecule has 1 aliphatic heterocycles. The number of hydrogen-bond acceptors (Lipinski definition) is 8. The lowest BCUT2D eigenvalue weighted by Crippen LogP contribution is -2.34. The maximum atomic E-state index is 11.5. The van der Waals surface area contributed by atoms with Gasteiger partial charge in [0.15, 0.2) is 0 Å². The molecular formula is C18H24N6O6. The van der Waals surface area contributed by atoms with Crippen molar-refractivity contribution in [2.24, 2.45) is 5.92 Å². The van der Waals surface area contributed by atoms with Gasteiger partial charge in [0, 0.05) is 18.8 Å². The van der Waals surface area contributed by atoms with Gasteiger partial charge in [-0.3, -0.25) is 10.1 Å². The molecule has 12 heteroatoms. The summed E-state index contributed by atoms with van der Waals surface area (Å²) in [4.78, 5) is 40.3. The highest BCUT2D eigenvalue weighted by Crippen LogP contribution is 2.29. The Bertz CT molecular complexity index is 952. The first-order valence-electron chi connectivity index (χ1n) is 9.29. The summed E-state index contributed by atoms with van der Waals surface area (Å²) in [6, 6.07) is 1.88. The highest BCUT2D eigenvalue weighted by atomic mass is 16.6. The summed E-state index contributed by atoms with van der Waals surface area (Å²) in [5.74, 6) is -2.17. The van der Waals surface area contributed by atoms with Crippen molar-refractivity contribution in [2.75, 3.05) is 18.0 Å². The Morgan fingerprint density at radius 2 is 1.70 bits per heavy atom. The molecule has 30 heavy (non-hydrogen) atoms. The zero-order chi connectivity index (χ0) is 22.6. The number of hydrogen-bond donors (Lipinski definition) is 2. The molecule has 1 saturated heterocycles. The number of piperidine rings is 1. The van der Waals surface area contributed by atoms with E-state index in [0.717, 1.165) is 37.3 Å². The maximum Gasteiger partial charge on any atom is 0.414 e. The number of carboxylic acids is 2. The second-order valence-electron chi connectivity index (χ2n) is 7.16. The summed E-state index contributed by atoms with van der Waals surface area (Å²) in [6.45, 7) is 9.36. The molecule has 0 atom stereocenters. The number of aromatic nitrogens is 4. The first-order chi connectivity index (χ1) is 14.0. The topological polar surface area (TPSA) is 165 Å². The largest absolute Gasteiger partial charge is 0.473 e. The van der Waals surface area contributed by atoms with Gasteiger partial charge in [0.1, 0.15) is 5.69 Å². The van der Waals surface area contributed by atoms with Crippen molar-refractivity contribution in [3.8, 4) is 5.82 Å². The van der Waals surface area contributed by atoms with E-state index in [1.54, 1.807) is 6.92 Å². The lowest BCUT2D eigenvalue weighted by Gasteiger charge is -2.30. The number of anilines is 1. The molecule has 1 fully saturated rings.